The summed E-state index contributed by atoms with van der Waals surface area (Å²) in [6.07, 6.45) is 0.405. The van der Waals surface area contributed by atoms with Crippen LogP contribution in [0.1, 0.15) is 13.3 Å². The molecule has 3 N–H and O–H groups in total. The molecule has 1 atom stereocenters. The first-order chi connectivity index (χ1) is 7.06. The molecule has 15 heavy (non-hydrogen) atoms. The van der Waals surface area contributed by atoms with Gasteiger partial charge in [0.05, 0.1) is 6.04 Å². The molecule has 0 aliphatic carbocycles. The van der Waals surface area contributed by atoms with Crippen molar-refractivity contribution in [1.82, 2.24) is 0 Å². The molecule has 0 radical (unpaired) electrons. The van der Waals surface area contributed by atoms with Gasteiger partial charge in [-0.3, -0.25) is 4.79 Å². The Morgan fingerprint density at radius 1 is 1.47 bits per heavy atom. The second-order valence-electron chi connectivity index (χ2n) is 3.10. The van der Waals surface area contributed by atoms with E-state index in [4.69, 9.17) is 5.73 Å². The van der Waals surface area contributed by atoms with E-state index in [-0.39, 0.29) is 0 Å². The lowest BCUT2D eigenvalue weighted by Crippen LogP contribution is -2.35. The van der Waals surface area contributed by atoms with Crippen molar-refractivity contribution in [1.29, 1.82) is 0 Å². The van der Waals surface area contributed by atoms with Gasteiger partial charge in [-0.15, -0.1) is 0 Å². The van der Waals surface area contributed by atoms with Crippen LogP contribution in [0.5, 0.6) is 0 Å². The first-order valence-corrected chi connectivity index (χ1v) is 4.56. The zero-order valence-electron chi connectivity index (χ0n) is 8.26. The van der Waals surface area contributed by atoms with Crippen molar-refractivity contribution in [2.24, 2.45) is 5.73 Å². The minimum absolute atomic E-state index is 0.405. The SMILES string of the molecule is CC[C@H](N)C(=O)Nc1c(F)cccc1F. The predicted molar refractivity (Wildman–Crippen MR) is 53.3 cm³/mol. The molecule has 0 aliphatic rings. The third kappa shape index (κ3) is 2.73. The van der Waals surface area contributed by atoms with Gasteiger partial charge >= 0.3 is 0 Å². The van der Waals surface area contributed by atoms with Crippen LogP contribution >= 0.6 is 0 Å². The summed E-state index contributed by atoms with van der Waals surface area (Å²) >= 11 is 0. The summed E-state index contributed by atoms with van der Waals surface area (Å²) in [5, 5.41) is 2.12. The molecule has 5 heteroatoms. The zero-order valence-corrected chi connectivity index (χ0v) is 8.26. The molecule has 0 aromatic heterocycles. The second kappa shape index (κ2) is 4.84. The molecule has 0 fully saturated rings. The van der Waals surface area contributed by atoms with Crippen molar-refractivity contribution >= 4 is 11.6 Å². The molecule has 0 saturated heterocycles. The number of nitrogens with two attached hydrogens (primary N) is 1. The van der Waals surface area contributed by atoms with Crippen molar-refractivity contribution in [3.63, 3.8) is 0 Å². The molecule has 3 nitrogen and oxygen atoms in total. The van der Waals surface area contributed by atoms with Crippen molar-refractivity contribution in [2.75, 3.05) is 5.32 Å². The summed E-state index contributed by atoms with van der Waals surface area (Å²) in [6, 6.07) is 2.59. The molecule has 1 aromatic rings. The van der Waals surface area contributed by atoms with Gasteiger partial charge in [0.25, 0.3) is 0 Å². The highest BCUT2D eigenvalue weighted by Gasteiger charge is 2.15. The Labute approximate surface area is 86.3 Å². The van der Waals surface area contributed by atoms with E-state index < -0.39 is 29.3 Å². The first kappa shape index (κ1) is 11.6. The fourth-order valence-electron chi connectivity index (χ4n) is 1.02. The monoisotopic (exact) mass is 214 g/mol. The Kier molecular flexibility index (Phi) is 3.74. The van der Waals surface area contributed by atoms with Crippen LogP contribution in [0.15, 0.2) is 18.2 Å². The Balaban J connectivity index is 2.85. The Morgan fingerprint density at radius 3 is 2.47 bits per heavy atom. The lowest BCUT2D eigenvalue weighted by molar-refractivity contribution is -0.117. The van der Waals surface area contributed by atoms with Gasteiger partial charge in [0.2, 0.25) is 5.91 Å². The van der Waals surface area contributed by atoms with E-state index in [2.05, 4.69) is 5.32 Å². The average Bonchev–Trinajstić information content (AvgIpc) is 2.22. The van der Waals surface area contributed by atoms with E-state index >= 15 is 0 Å². The normalized spacial score (nSPS) is 12.3. The summed E-state index contributed by atoms with van der Waals surface area (Å²) < 4.78 is 26.2. The first-order valence-electron chi connectivity index (χ1n) is 4.56. The summed E-state index contributed by atoms with van der Waals surface area (Å²) in [7, 11) is 0. The quantitative estimate of drug-likeness (QED) is 0.803. The number of amides is 1. The van der Waals surface area contributed by atoms with E-state index in [1.807, 2.05) is 0 Å². The minimum atomic E-state index is -0.813. The molecule has 0 saturated carbocycles. The molecule has 1 aromatic carbocycles. The van der Waals surface area contributed by atoms with Crippen molar-refractivity contribution in [3.8, 4) is 0 Å². The van der Waals surface area contributed by atoms with Crippen molar-refractivity contribution in [3.05, 3.63) is 29.8 Å². The maximum Gasteiger partial charge on any atom is 0.241 e. The van der Waals surface area contributed by atoms with Gasteiger partial charge < -0.3 is 11.1 Å². The number of hydrogen-bond acceptors (Lipinski definition) is 2. The third-order valence-electron chi connectivity index (χ3n) is 1.99. The van der Waals surface area contributed by atoms with E-state index in [1.165, 1.54) is 6.07 Å². The molecule has 0 bridgehead atoms. The Morgan fingerprint density at radius 2 is 2.00 bits per heavy atom. The summed E-state index contributed by atoms with van der Waals surface area (Å²) in [6.45, 7) is 1.71. The lowest BCUT2D eigenvalue weighted by Gasteiger charge is -2.11. The van der Waals surface area contributed by atoms with E-state index in [1.54, 1.807) is 6.92 Å². The van der Waals surface area contributed by atoms with Gasteiger partial charge in [0.1, 0.15) is 17.3 Å². The van der Waals surface area contributed by atoms with Gasteiger partial charge in [-0.2, -0.15) is 0 Å². The molecular weight excluding hydrogens is 202 g/mol. The topological polar surface area (TPSA) is 55.1 Å². The fraction of sp³-hybridized carbons (Fsp3) is 0.300. The predicted octanol–water partition coefficient (Wildman–Crippen LogP) is 1.64. The number of anilines is 1. The highest BCUT2D eigenvalue weighted by atomic mass is 19.1. The Bertz CT molecular complexity index is 348. The highest BCUT2D eigenvalue weighted by molar-refractivity contribution is 5.94. The molecule has 0 unspecified atom stereocenters. The molecule has 0 aliphatic heterocycles. The number of rotatable bonds is 3. The number of para-hydroxylation sites is 1. The smallest absolute Gasteiger partial charge is 0.241 e. The Hall–Kier alpha value is -1.49. The van der Waals surface area contributed by atoms with Crippen LogP contribution in [0.4, 0.5) is 14.5 Å². The third-order valence-corrected chi connectivity index (χ3v) is 1.99. The number of benzene rings is 1. The van der Waals surface area contributed by atoms with Crippen molar-refractivity contribution in [2.45, 2.75) is 19.4 Å². The fourth-order valence-corrected chi connectivity index (χ4v) is 1.02. The van der Waals surface area contributed by atoms with Gasteiger partial charge in [0.15, 0.2) is 0 Å². The number of carbonyl (C=O) groups excluding carboxylic acids is 1. The van der Waals surface area contributed by atoms with E-state index in [9.17, 15) is 13.6 Å². The number of carbonyl (C=O) groups is 1. The van der Waals surface area contributed by atoms with Gasteiger partial charge in [-0.25, -0.2) is 8.78 Å². The molecule has 1 rings (SSSR count). The summed E-state index contributed by atoms with van der Waals surface area (Å²) in [5.74, 6) is -2.22. The van der Waals surface area contributed by atoms with E-state index in [0.29, 0.717) is 6.42 Å². The standard InChI is InChI=1S/C10H12F2N2O/c1-2-8(13)10(15)14-9-6(11)4-3-5-7(9)12/h3-5,8H,2,13H2,1H3,(H,14,15)/t8-/m0/s1. The molecule has 82 valence electrons. The van der Waals surface area contributed by atoms with Gasteiger partial charge in [0, 0.05) is 0 Å². The van der Waals surface area contributed by atoms with Crippen LogP contribution in [0.3, 0.4) is 0 Å². The maximum atomic E-state index is 13.1. The summed E-state index contributed by atoms with van der Waals surface area (Å²) in [4.78, 5) is 11.3. The largest absolute Gasteiger partial charge is 0.320 e. The van der Waals surface area contributed by atoms with Gasteiger partial charge in [-0.1, -0.05) is 13.0 Å². The van der Waals surface area contributed by atoms with Crippen LogP contribution in [0.2, 0.25) is 0 Å². The summed E-state index contributed by atoms with van der Waals surface area (Å²) in [5.41, 5.74) is 4.96. The zero-order chi connectivity index (χ0) is 11.4. The maximum absolute atomic E-state index is 13.1. The van der Waals surface area contributed by atoms with Crippen LogP contribution in [-0.2, 0) is 4.79 Å². The minimum Gasteiger partial charge on any atom is -0.320 e. The molecule has 1 amide bonds. The molecular formula is C10H12F2N2O. The molecule has 0 spiro atoms. The molecule has 0 heterocycles. The van der Waals surface area contributed by atoms with Crippen molar-refractivity contribution < 1.29 is 13.6 Å². The second-order valence-corrected chi connectivity index (χ2v) is 3.10. The average molecular weight is 214 g/mol. The number of halogens is 2. The van der Waals surface area contributed by atoms with Crippen LogP contribution in [0.25, 0.3) is 0 Å². The lowest BCUT2D eigenvalue weighted by atomic mass is 10.2. The van der Waals surface area contributed by atoms with Crippen LogP contribution in [-0.4, -0.2) is 11.9 Å². The van der Waals surface area contributed by atoms with Crippen LogP contribution in [0, 0.1) is 11.6 Å². The highest BCUT2D eigenvalue weighted by Crippen LogP contribution is 2.17. The van der Waals surface area contributed by atoms with E-state index in [0.717, 1.165) is 12.1 Å². The van der Waals surface area contributed by atoms with Gasteiger partial charge in [-0.05, 0) is 18.6 Å². The number of hydrogen-bond donors (Lipinski definition) is 2. The number of nitrogens with one attached hydrogen (secondary N) is 1. The van der Waals surface area contributed by atoms with Crippen LogP contribution < -0.4 is 11.1 Å².